The van der Waals surface area contributed by atoms with Crippen molar-refractivity contribution < 1.29 is 4.42 Å². The molecule has 0 N–H and O–H groups in total. The predicted molar refractivity (Wildman–Crippen MR) is 224 cm³/mol. The summed E-state index contributed by atoms with van der Waals surface area (Å²) < 4.78 is 6.77. The van der Waals surface area contributed by atoms with Crippen LogP contribution < -0.4 is 0 Å². The van der Waals surface area contributed by atoms with E-state index in [1.54, 1.807) is 0 Å². The van der Waals surface area contributed by atoms with Crippen molar-refractivity contribution in [3.8, 4) is 67.2 Å². The summed E-state index contributed by atoms with van der Waals surface area (Å²) in [5.41, 5.74) is 11.7. The molecule has 1 heteroatoms. The molecule has 10 rings (SSSR count). The molecular formula is C52H34O. The van der Waals surface area contributed by atoms with Gasteiger partial charge in [-0.15, -0.1) is 0 Å². The summed E-state index contributed by atoms with van der Waals surface area (Å²) in [6, 6.07) is 73.9. The fourth-order valence-corrected chi connectivity index (χ4v) is 8.11. The molecule has 0 aliphatic rings. The molecule has 10 aromatic rings. The summed E-state index contributed by atoms with van der Waals surface area (Å²) in [6.45, 7) is 0. The van der Waals surface area contributed by atoms with Crippen molar-refractivity contribution in [3.05, 3.63) is 206 Å². The first-order valence-electron chi connectivity index (χ1n) is 18.2. The minimum atomic E-state index is 0.847. The van der Waals surface area contributed by atoms with Crippen molar-refractivity contribution in [2.24, 2.45) is 0 Å². The monoisotopic (exact) mass is 674 g/mol. The van der Waals surface area contributed by atoms with Crippen LogP contribution in [0.2, 0.25) is 0 Å². The number of furan rings is 1. The van der Waals surface area contributed by atoms with Crippen LogP contribution in [-0.4, -0.2) is 0 Å². The van der Waals surface area contributed by atoms with Crippen molar-refractivity contribution in [3.63, 3.8) is 0 Å². The van der Waals surface area contributed by atoms with Crippen LogP contribution in [0.5, 0.6) is 0 Å². The van der Waals surface area contributed by atoms with Gasteiger partial charge in [0.05, 0.1) is 0 Å². The van der Waals surface area contributed by atoms with Crippen LogP contribution in [-0.2, 0) is 0 Å². The second kappa shape index (κ2) is 13.0. The van der Waals surface area contributed by atoms with E-state index in [-0.39, 0.29) is 0 Å². The van der Waals surface area contributed by atoms with Crippen LogP contribution in [0.15, 0.2) is 211 Å². The van der Waals surface area contributed by atoms with Crippen LogP contribution in [0.4, 0.5) is 0 Å². The standard InChI is InChI=1S/C52H34O/c1-4-17-35(18-5-1)40-31-32-47(42-26-11-10-25-41(40)42)51-45-29-14-12-27-43(45)50(44-28-13-15-30-46(44)51)39-24-16-23-38(33-39)49-34-48(36-19-6-2-7-20-36)52(53-49)37-21-8-3-9-22-37/h1-34H. The topological polar surface area (TPSA) is 13.1 Å². The van der Waals surface area contributed by atoms with E-state index in [1.165, 1.54) is 60.1 Å². The average Bonchev–Trinajstić information content (AvgIpc) is 3.69. The number of fused-ring (bicyclic) bond motifs is 3. The van der Waals surface area contributed by atoms with Gasteiger partial charge in [0.1, 0.15) is 11.5 Å². The Morgan fingerprint density at radius 3 is 1.25 bits per heavy atom. The molecule has 0 unspecified atom stereocenters. The van der Waals surface area contributed by atoms with Gasteiger partial charge < -0.3 is 4.42 Å². The highest BCUT2D eigenvalue weighted by Crippen LogP contribution is 2.47. The highest BCUT2D eigenvalue weighted by molar-refractivity contribution is 6.24. The molecule has 0 aliphatic carbocycles. The first kappa shape index (κ1) is 30.8. The Morgan fingerprint density at radius 1 is 0.245 bits per heavy atom. The maximum absolute atomic E-state index is 6.77. The molecule has 0 radical (unpaired) electrons. The van der Waals surface area contributed by atoms with Gasteiger partial charge in [-0.2, -0.15) is 0 Å². The number of hydrogen-bond donors (Lipinski definition) is 0. The molecule has 53 heavy (non-hydrogen) atoms. The normalized spacial score (nSPS) is 11.4. The highest BCUT2D eigenvalue weighted by Gasteiger charge is 2.21. The summed E-state index contributed by atoms with van der Waals surface area (Å²) in [5.74, 6) is 1.72. The lowest BCUT2D eigenvalue weighted by atomic mass is 9.83. The van der Waals surface area contributed by atoms with Crippen LogP contribution in [0.3, 0.4) is 0 Å². The fraction of sp³-hybridized carbons (Fsp3) is 0. The Labute approximate surface area is 309 Å². The second-order valence-electron chi connectivity index (χ2n) is 13.6. The van der Waals surface area contributed by atoms with Gasteiger partial charge in [-0.05, 0) is 83.4 Å². The fourth-order valence-electron chi connectivity index (χ4n) is 8.11. The molecule has 248 valence electrons. The molecule has 0 spiro atoms. The molecule has 1 heterocycles. The Morgan fingerprint density at radius 2 is 0.660 bits per heavy atom. The minimum Gasteiger partial charge on any atom is -0.455 e. The summed E-state index contributed by atoms with van der Waals surface area (Å²) in [5, 5.41) is 7.43. The third-order valence-corrected chi connectivity index (χ3v) is 10.5. The van der Waals surface area contributed by atoms with Gasteiger partial charge >= 0.3 is 0 Å². The number of rotatable bonds is 6. The first-order chi connectivity index (χ1) is 26.3. The lowest BCUT2D eigenvalue weighted by Gasteiger charge is -2.20. The van der Waals surface area contributed by atoms with E-state index in [0.29, 0.717) is 0 Å². The third kappa shape index (κ3) is 5.34. The lowest BCUT2D eigenvalue weighted by Crippen LogP contribution is -1.92. The van der Waals surface area contributed by atoms with Crippen LogP contribution in [0.1, 0.15) is 0 Å². The predicted octanol–water partition coefficient (Wildman–Crippen LogP) is 14.7. The molecular weight excluding hydrogens is 641 g/mol. The van der Waals surface area contributed by atoms with Crippen molar-refractivity contribution >= 4 is 32.3 Å². The molecule has 0 saturated carbocycles. The van der Waals surface area contributed by atoms with Crippen molar-refractivity contribution in [2.75, 3.05) is 0 Å². The zero-order valence-electron chi connectivity index (χ0n) is 29.0. The third-order valence-electron chi connectivity index (χ3n) is 10.5. The number of benzene rings is 9. The van der Waals surface area contributed by atoms with E-state index >= 15 is 0 Å². The summed E-state index contributed by atoms with van der Waals surface area (Å²) in [7, 11) is 0. The summed E-state index contributed by atoms with van der Waals surface area (Å²) in [6.07, 6.45) is 0. The van der Waals surface area contributed by atoms with Gasteiger partial charge in [0, 0.05) is 16.7 Å². The van der Waals surface area contributed by atoms with Gasteiger partial charge in [0.2, 0.25) is 0 Å². The van der Waals surface area contributed by atoms with Crippen molar-refractivity contribution in [2.45, 2.75) is 0 Å². The lowest BCUT2D eigenvalue weighted by molar-refractivity contribution is 0.598. The maximum Gasteiger partial charge on any atom is 0.142 e. The zero-order chi connectivity index (χ0) is 35.1. The largest absolute Gasteiger partial charge is 0.455 e. The Hall–Kier alpha value is -6.96. The summed E-state index contributed by atoms with van der Waals surface area (Å²) in [4.78, 5) is 0. The van der Waals surface area contributed by atoms with Gasteiger partial charge in [-0.1, -0.05) is 194 Å². The molecule has 0 aliphatic heterocycles. The second-order valence-corrected chi connectivity index (χ2v) is 13.6. The van der Waals surface area contributed by atoms with Gasteiger partial charge in [-0.3, -0.25) is 0 Å². The van der Waals surface area contributed by atoms with Crippen LogP contribution >= 0.6 is 0 Å². The Balaban J connectivity index is 1.18. The van der Waals surface area contributed by atoms with E-state index in [4.69, 9.17) is 4.42 Å². The summed E-state index contributed by atoms with van der Waals surface area (Å²) >= 11 is 0. The molecule has 9 aromatic carbocycles. The Bertz CT molecular complexity index is 2800. The Kier molecular flexibility index (Phi) is 7.55. The van der Waals surface area contributed by atoms with Gasteiger partial charge in [-0.25, -0.2) is 0 Å². The van der Waals surface area contributed by atoms with E-state index < -0.39 is 0 Å². The van der Waals surface area contributed by atoms with Crippen molar-refractivity contribution in [1.82, 2.24) is 0 Å². The van der Waals surface area contributed by atoms with Crippen LogP contribution in [0.25, 0.3) is 99.5 Å². The zero-order valence-corrected chi connectivity index (χ0v) is 29.0. The van der Waals surface area contributed by atoms with Gasteiger partial charge in [0.25, 0.3) is 0 Å². The molecule has 0 saturated heterocycles. The van der Waals surface area contributed by atoms with Gasteiger partial charge in [0.15, 0.2) is 0 Å². The SMILES string of the molecule is c1ccc(-c2cc(-c3cccc(-c4c5ccccc5c(-c5ccc(-c6ccccc6)c6ccccc56)c5ccccc45)c3)oc2-c2ccccc2)cc1. The highest BCUT2D eigenvalue weighted by atomic mass is 16.3. The van der Waals surface area contributed by atoms with E-state index in [1.807, 2.05) is 6.07 Å². The van der Waals surface area contributed by atoms with E-state index in [0.717, 1.165) is 39.3 Å². The van der Waals surface area contributed by atoms with E-state index in [2.05, 4.69) is 200 Å². The molecule has 0 atom stereocenters. The molecule has 1 aromatic heterocycles. The first-order valence-corrected chi connectivity index (χ1v) is 18.2. The minimum absolute atomic E-state index is 0.847. The molecule has 0 fully saturated rings. The van der Waals surface area contributed by atoms with E-state index in [9.17, 15) is 0 Å². The smallest absolute Gasteiger partial charge is 0.142 e. The average molecular weight is 675 g/mol. The molecule has 0 bridgehead atoms. The quantitative estimate of drug-likeness (QED) is 0.160. The van der Waals surface area contributed by atoms with Crippen molar-refractivity contribution in [1.29, 1.82) is 0 Å². The number of hydrogen-bond acceptors (Lipinski definition) is 1. The molecule has 1 nitrogen and oxygen atoms in total. The maximum atomic E-state index is 6.77. The van der Waals surface area contributed by atoms with Crippen LogP contribution in [0, 0.1) is 0 Å². The molecule has 0 amide bonds.